The minimum Gasteiger partial charge on any atom is -0.340 e. The van der Waals surface area contributed by atoms with Crippen molar-refractivity contribution < 1.29 is 19.2 Å². The Balaban J connectivity index is 1.34. The zero-order valence-corrected chi connectivity index (χ0v) is 22.4. The normalized spacial score (nSPS) is 15.9. The maximum atomic E-state index is 13.3. The number of carbonyl (C=O) groups is 3. The molecule has 4 aromatic rings. The van der Waals surface area contributed by atoms with Crippen LogP contribution in [0.1, 0.15) is 51.0 Å². The lowest BCUT2D eigenvalue weighted by Gasteiger charge is -2.17. The van der Waals surface area contributed by atoms with Crippen molar-refractivity contribution in [2.75, 3.05) is 10.6 Å². The molecule has 2 unspecified atom stereocenters. The van der Waals surface area contributed by atoms with Crippen LogP contribution in [0.4, 0.5) is 16.2 Å². The summed E-state index contributed by atoms with van der Waals surface area (Å²) in [5.41, 5.74) is 8.72. The number of fused-ring (bicyclic) bond motifs is 2. The smallest absolute Gasteiger partial charge is 0.336 e. The second-order valence-corrected chi connectivity index (χ2v) is 10.2. The Labute approximate surface area is 227 Å². The van der Waals surface area contributed by atoms with Crippen molar-refractivity contribution in [1.82, 2.24) is 5.48 Å². The molecule has 0 bridgehead atoms. The fourth-order valence-corrected chi connectivity index (χ4v) is 5.49. The largest absolute Gasteiger partial charge is 0.340 e. The number of anilines is 2. The number of amides is 3. The van der Waals surface area contributed by atoms with Gasteiger partial charge in [-0.1, -0.05) is 73.2 Å². The summed E-state index contributed by atoms with van der Waals surface area (Å²) in [7, 11) is 0. The van der Waals surface area contributed by atoms with Gasteiger partial charge >= 0.3 is 12.0 Å². The van der Waals surface area contributed by atoms with Crippen molar-refractivity contribution in [3.63, 3.8) is 0 Å². The summed E-state index contributed by atoms with van der Waals surface area (Å²) in [6.07, 6.45) is 0.562. The summed E-state index contributed by atoms with van der Waals surface area (Å²) in [6, 6.07) is 22.4. The van der Waals surface area contributed by atoms with Crippen molar-refractivity contribution in [3.8, 4) is 0 Å². The standard InChI is InChI=1S/C32H31N3O4/c1-18-13-19(2)29(20(3)14-18)34-32(38)33-28-17-23-10-6-5-9-22(23)15-27(28)30(36)35-39-31(37)26-16-24-11-7-8-12-25(24)21(26)4/h5-15,17,21,26H,16H2,1-4H3,(H,35,36)(H2,33,34,38). The molecule has 0 aliphatic heterocycles. The van der Waals surface area contributed by atoms with Crippen molar-refractivity contribution in [3.05, 3.63) is 106 Å². The van der Waals surface area contributed by atoms with Gasteiger partial charge in [0.2, 0.25) is 0 Å². The van der Waals surface area contributed by atoms with Crippen molar-refractivity contribution in [2.45, 2.75) is 40.0 Å². The first-order valence-corrected chi connectivity index (χ1v) is 13.0. The number of rotatable bonds is 4. The van der Waals surface area contributed by atoms with E-state index in [4.69, 9.17) is 4.84 Å². The van der Waals surface area contributed by atoms with E-state index in [2.05, 4.69) is 16.1 Å². The summed E-state index contributed by atoms with van der Waals surface area (Å²) < 4.78 is 0. The predicted octanol–water partition coefficient (Wildman–Crippen LogP) is 6.57. The van der Waals surface area contributed by atoms with Crippen molar-refractivity contribution >= 4 is 40.1 Å². The molecular formula is C32H31N3O4. The van der Waals surface area contributed by atoms with E-state index in [-0.39, 0.29) is 17.4 Å². The molecule has 0 heterocycles. The highest BCUT2D eigenvalue weighted by molar-refractivity contribution is 6.10. The van der Waals surface area contributed by atoms with E-state index in [0.717, 1.165) is 38.6 Å². The monoisotopic (exact) mass is 521 g/mol. The van der Waals surface area contributed by atoms with Crippen LogP contribution in [0.25, 0.3) is 10.8 Å². The summed E-state index contributed by atoms with van der Waals surface area (Å²) >= 11 is 0. The molecule has 5 rings (SSSR count). The van der Waals surface area contributed by atoms with Crippen LogP contribution in [0.5, 0.6) is 0 Å². The Bertz CT molecular complexity index is 1590. The summed E-state index contributed by atoms with van der Waals surface area (Å²) in [5.74, 6) is -1.52. The molecule has 0 radical (unpaired) electrons. The number of nitrogens with one attached hydrogen (secondary N) is 3. The van der Waals surface area contributed by atoms with Crippen LogP contribution in [-0.4, -0.2) is 17.9 Å². The van der Waals surface area contributed by atoms with Gasteiger partial charge in [-0.2, -0.15) is 5.48 Å². The van der Waals surface area contributed by atoms with E-state index < -0.39 is 17.9 Å². The molecule has 0 saturated carbocycles. The first-order valence-electron chi connectivity index (χ1n) is 13.0. The van der Waals surface area contributed by atoms with Crippen molar-refractivity contribution in [1.29, 1.82) is 0 Å². The molecule has 0 fully saturated rings. The molecule has 0 spiro atoms. The fraction of sp³-hybridized carbons (Fsp3) is 0.219. The van der Waals surface area contributed by atoms with E-state index in [9.17, 15) is 14.4 Å². The zero-order chi connectivity index (χ0) is 27.7. The van der Waals surface area contributed by atoms with Gasteiger partial charge in [-0.3, -0.25) is 4.79 Å². The molecule has 1 aliphatic rings. The second kappa shape index (κ2) is 10.6. The Hall–Kier alpha value is -4.65. The number of aryl methyl sites for hydroxylation is 3. The fourth-order valence-electron chi connectivity index (χ4n) is 5.49. The number of benzene rings is 4. The van der Waals surface area contributed by atoms with E-state index in [1.165, 1.54) is 0 Å². The van der Waals surface area contributed by atoms with Gasteiger partial charge < -0.3 is 15.5 Å². The SMILES string of the molecule is Cc1cc(C)c(NC(=O)Nc2cc3ccccc3cc2C(=O)NOC(=O)C2Cc3ccccc3C2C)c(C)c1. The van der Waals surface area contributed by atoms with Gasteiger partial charge in [-0.15, -0.1) is 0 Å². The highest BCUT2D eigenvalue weighted by Gasteiger charge is 2.35. The van der Waals surface area contributed by atoms with Gasteiger partial charge in [0, 0.05) is 5.69 Å². The van der Waals surface area contributed by atoms with Crippen LogP contribution in [0, 0.1) is 26.7 Å². The first-order chi connectivity index (χ1) is 18.7. The number of hydrogen-bond acceptors (Lipinski definition) is 4. The Kier molecular flexibility index (Phi) is 7.07. The molecule has 3 amide bonds. The van der Waals surface area contributed by atoms with Gasteiger partial charge in [0.15, 0.2) is 0 Å². The molecule has 1 aliphatic carbocycles. The average molecular weight is 522 g/mol. The molecule has 7 heteroatoms. The summed E-state index contributed by atoms with van der Waals surface area (Å²) in [5, 5.41) is 7.37. The third-order valence-corrected chi connectivity index (χ3v) is 7.43. The number of urea groups is 1. The van der Waals surface area contributed by atoms with Crippen LogP contribution in [-0.2, 0) is 16.1 Å². The topological polar surface area (TPSA) is 96.5 Å². The minimum absolute atomic E-state index is 0.0131. The van der Waals surface area contributed by atoms with Gasteiger partial charge in [-0.25, -0.2) is 9.59 Å². The maximum absolute atomic E-state index is 13.3. The highest BCUT2D eigenvalue weighted by Crippen LogP contribution is 2.38. The van der Waals surface area contributed by atoms with Crippen LogP contribution in [0.2, 0.25) is 0 Å². The Morgan fingerprint density at radius 3 is 2.15 bits per heavy atom. The highest BCUT2D eigenvalue weighted by atomic mass is 16.7. The van der Waals surface area contributed by atoms with Crippen LogP contribution in [0.3, 0.4) is 0 Å². The first kappa shape index (κ1) is 26.0. The van der Waals surface area contributed by atoms with E-state index in [1.54, 1.807) is 12.1 Å². The lowest BCUT2D eigenvalue weighted by molar-refractivity contribution is -0.154. The molecule has 7 nitrogen and oxygen atoms in total. The van der Waals surface area contributed by atoms with Crippen molar-refractivity contribution in [2.24, 2.45) is 5.92 Å². The van der Waals surface area contributed by atoms with Gasteiger partial charge in [-0.05, 0) is 78.3 Å². The van der Waals surface area contributed by atoms with Gasteiger partial charge in [0.05, 0.1) is 17.2 Å². The number of hydroxylamine groups is 1. The number of carbonyl (C=O) groups excluding carboxylic acids is 3. The molecule has 39 heavy (non-hydrogen) atoms. The average Bonchev–Trinajstić information content (AvgIpc) is 3.25. The van der Waals surface area contributed by atoms with Crippen LogP contribution >= 0.6 is 0 Å². The molecule has 4 aromatic carbocycles. The van der Waals surface area contributed by atoms with Crippen LogP contribution < -0.4 is 16.1 Å². The van der Waals surface area contributed by atoms with Gasteiger partial charge in [0.25, 0.3) is 5.91 Å². The van der Waals surface area contributed by atoms with Crippen LogP contribution in [0.15, 0.2) is 72.8 Å². The quantitative estimate of drug-likeness (QED) is 0.265. The summed E-state index contributed by atoms with van der Waals surface area (Å²) in [6.45, 7) is 7.86. The molecule has 0 saturated heterocycles. The molecule has 2 atom stereocenters. The predicted molar refractivity (Wildman–Crippen MR) is 153 cm³/mol. The van der Waals surface area contributed by atoms with E-state index in [1.807, 2.05) is 88.4 Å². The van der Waals surface area contributed by atoms with E-state index in [0.29, 0.717) is 17.8 Å². The van der Waals surface area contributed by atoms with Gasteiger partial charge in [0.1, 0.15) is 0 Å². The lowest BCUT2D eigenvalue weighted by atomic mass is 9.95. The Morgan fingerprint density at radius 1 is 0.821 bits per heavy atom. The molecule has 198 valence electrons. The third kappa shape index (κ3) is 5.34. The molecular weight excluding hydrogens is 490 g/mol. The molecule has 3 N–H and O–H groups in total. The Morgan fingerprint density at radius 2 is 1.46 bits per heavy atom. The van der Waals surface area contributed by atoms with E-state index >= 15 is 0 Å². The minimum atomic E-state index is -0.629. The number of hydrogen-bond donors (Lipinski definition) is 3. The lowest BCUT2D eigenvalue weighted by Crippen LogP contribution is -2.32. The second-order valence-electron chi connectivity index (χ2n) is 10.2. The summed E-state index contributed by atoms with van der Waals surface area (Å²) in [4.78, 5) is 44.5. The zero-order valence-electron chi connectivity index (χ0n) is 22.4. The third-order valence-electron chi connectivity index (χ3n) is 7.43. The maximum Gasteiger partial charge on any atom is 0.336 e. The molecule has 0 aromatic heterocycles.